The summed E-state index contributed by atoms with van der Waals surface area (Å²) in [5.41, 5.74) is 0.231. The minimum absolute atomic E-state index is 0.193. The van der Waals surface area contributed by atoms with Crippen LogP contribution < -0.4 is 10.1 Å². The van der Waals surface area contributed by atoms with Gasteiger partial charge in [0.2, 0.25) is 0 Å². The fourth-order valence-electron chi connectivity index (χ4n) is 2.24. The van der Waals surface area contributed by atoms with Gasteiger partial charge in [0.1, 0.15) is 17.4 Å². The van der Waals surface area contributed by atoms with Crippen LogP contribution >= 0.6 is 0 Å². The van der Waals surface area contributed by atoms with Gasteiger partial charge in [-0.2, -0.15) is 4.80 Å². The van der Waals surface area contributed by atoms with Gasteiger partial charge in [0, 0.05) is 6.42 Å². The van der Waals surface area contributed by atoms with Gasteiger partial charge >= 0.3 is 12.1 Å². The lowest BCUT2D eigenvalue weighted by molar-refractivity contribution is -0.138. The molecule has 0 bridgehead atoms. The lowest BCUT2D eigenvalue weighted by Gasteiger charge is -2.22. The Kier molecular flexibility index (Phi) is 6.32. The number of carbonyl (C=O) groups excluding carboxylic acids is 1. The van der Waals surface area contributed by atoms with Crippen LogP contribution in [0.25, 0.3) is 0 Å². The van der Waals surface area contributed by atoms with E-state index >= 15 is 0 Å². The van der Waals surface area contributed by atoms with Crippen LogP contribution in [0, 0.1) is 0 Å². The molecule has 0 saturated heterocycles. The van der Waals surface area contributed by atoms with Crippen molar-refractivity contribution >= 4 is 12.1 Å². The Balaban J connectivity index is 2.20. The van der Waals surface area contributed by atoms with E-state index in [-0.39, 0.29) is 5.82 Å². The third-order valence-electron chi connectivity index (χ3n) is 3.35. The predicted octanol–water partition coefficient (Wildman–Crippen LogP) is 1.57. The van der Waals surface area contributed by atoms with Crippen LogP contribution in [0.3, 0.4) is 0 Å². The first-order valence-corrected chi connectivity index (χ1v) is 8.28. The van der Waals surface area contributed by atoms with Gasteiger partial charge in [-0.1, -0.05) is 12.1 Å². The number of carboxylic acids is 1. The van der Waals surface area contributed by atoms with Gasteiger partial charge in [-0.15, -0.1) is 10.2 Å². The average molecular weight is 377 g/mol. The van der Waals surface area contributed by atoms with Crippen LogP contribution in [0.5, 0.6) is 5.75 Å². The van der Waals surface area contributed by atoms with Gasteiger partial charge in [0.25, 0.3) is 0 Å². The summed E-state index contributed by atoms with van der Waals surface area (Å²) >= 11 is 0. The molecule has 2 aromatic rings. The Morgan fingerprint density at radius 1 is 1.26 bits per heavy atom. The maximum absolute atomic E-state index is 12.2. The summed E-state index contributed by atoms with van der Waals surface area (Å²) in [5, 5.41) is 23.2. The number of aromatic nitrogens is 4. The molecule has 2 rings (SSSR count). The number of carboxylic acid groups (broad SMARTS) is 1. The number of carbonyl (C=O) groups is 2. The molecule has 2 N–H and O–H groups in total. The minimum atomic E-state index is -1.09. The van der Waals surface area contributed by atoms with Crippen molar-refractivity contribution in [2.75, 3.05) is 7.11 Å². The monoisotopic (exact) mass is 377 g/mol. The molecular formula is C17H23N5O5. The van der Waals surface area contributed by atoms with E-state index in [9.17, 15) is 9.59 Å². The average Bonchev–Trinajstić information content (AvgIpc) is 3.01. The van der Waals surface area contributed by atoms with E-state index in [1.54, 1.807) is 40.0 Å². The van der Waals surface area contributed by atoms with Crippen LogP contribution in [0.1, 0.15) is 38.2 Å². The second kappa shape index (κ2) is 8.47. The van der Waals surface area contributed by atoms with Crippen molar-refractivity contribution in [3.05, 3.63) is 35.7 Å². The van der Waals surface area contributed by atoms with E-state index in [1.807, 2.05) is 12.1 Å². The molecule has 0 fully saturated rings. The standard InChI is InChI=1S/C17H23N5O5/c1-17(2,3)27-16(25)18-13(9-11-5-7-12(26-4)8-6-11)15-19-21-22(20-15)10-14(23)24/h5-8,13H,9-10H2,1-4H3,(H,18,25)(H,23,24)/t13-/m0/s1. The highest BCUT2D eigenvalue weighted by atomic mass is 16.6. The predicted molar refractivity (Wildman–Crippen MR) is 94.3 cm³/mol. The van der Waals surface area contributed by atoms with Crippen molar-refractivity contribution < 1.29 is 24.2 Å². The molecule has 0 spiro atoms. The quantitative estimate of drug-likeness (QED) is 0.744. The summed E-state index contributed by atoms with van der Waals surface area (Å²) in [7, 11) is 1.58. The summed E-state index contributed by atoms with van der Waals surface area (Å²) in [6, 6.07) is 6.66. The molecule has 0 radical (unpaired) electrons. The molecule has 0 aliphatic heterocycles. The van der Waals surface area contributed by atoms with Gasteiger partial charge in [0.15, 0.2) is 12.4 Å². The smallest absolute Gasteiger partial charge is 0.408 e. The maximum Gasteiger partial charge on any atom is 0.408 e. The Bertz CT molecular complexity index is 782. The van der Waals surface area contributed by atoms with E-state index in [4.69, 9.17) is 14.6 Å². The number of methoxy groups -OCH3 is 1. The van der Waals surface area contributed by atoms with Crippen LogP contribution in [-0.2, 0) is 22.5 Å². The highest BCUT2D eigenvalue weighted by molar-refractivity contribution is 5.68. The number of ether oxygens (including phenoxy) is 2. The van der Waals surface area contributed by atoms with Crippen molar-refractivity contribution in [1.29, 1.82) is 0 Å². The fourth-order valence-corrected chi connectivity index (χ4v) is 2.24. The first-order chi connectivity index (χ1) is 12.7. The zero-order valence-corrected chi connectivity index (χ0v) is 15.7. The molecule has 1 aromatic carbocycles. The molecule has 0 saturated carbocycles. The molecule has 0 aliphatic carbocycles. The molecule has 0 aliphatic rings. The van der Waals surface area contributed by atoms with Crippen molar-refractivity contribution in [1.82, 2.24) is 25.5 Å². The lowest BCUT2D eigenvalue weighted by atomic mass is 10.1. The highest BCUT2D eigenvalue weighted by Gasteiger charge is 2.24. The van der Waals surface area contributed by atoms with Gasteiger partial charge in [0.05, 0.1) is 7.11 Å². The number of amides is 1. The maximum atomic E-state index is 12.2. The van der Waals surface area contributed by atoms with E-state index < -0.39 is 30.3 Å². The number of tetrazole rings is 1. The number of benzene rings is 1. The Morgan fingerprint density at radius 2 is 1.93 bits per heavy atom. The lowest BCUT2D eigenvalue weighted by Crippen LogP contribution is -2.36. The molecule has 10 nitrogen and oxygen atoms in total. The number of nitrogens with one attached hydrogen (secondary N) is 1. The van der Waals surface area contributed by atoms with Crippen molar-refractivity contribution in [2.24, 2.45) is 0 Å². The molecule has 10 heteroatoms. The van der Waals surface area contributed by atoms with Crippen molar-refractivity contribution in [2.45, 2.75) is 45.4 Å². The van der Waals surface area contributed by atoms with E-state index in [2.05, 4.69) is 20.7 Å². The number of hydrogen-bond donors (Lipinski definition) is 2. The topological polar surface area (TPSA) is 128 Å². The normalized spacial score (nSPS) is 12.3. The van der Waals surface area contributed by atoms with E-state index in [0.29, 0.717) is 12.2 Å². The first kappa shape index (κ1) is 20.1. The molecule has 1 heterocycles. The molecule has 1 atom stereocenters. The summed E-state index contributed by atoms with van der Waals surface area (Å²) < 4.78 is 10.4. The van der Waals surface area contributed by atoms with Gasteiger partial charge in [-0.05, 0) is 43.7 Å². The van der Waals surface area contributed by atoms with Crippen molar-refractivity contribution in [3.8, 4) is 5.75 Å². The molecule has 0 unspecified atom stereocenters. The zero-order valence-electron chi connectivity index (χ0n) is 15.7. The van der Waals surface area contributed by atoms with Gasteiger partial charge in [-0.3, -0.25) is 4.79 Å². The van der Waals surface area contributed by atoms with Crippen LogP contribution in [0.4, 0.5) is 4.79 Å². The third-order valence-corrected chi connectivity index (χ3v) is 3.35. The molecule has 1 aromatic heterocycles. The third kappa shape index (κ3) is 6.57. The SMILES string of the molecule is COc1ccc(C[C@H](NC(=O)OC(C)(C)C)c2nnn(CC(=O)O)n2)cc1. The zero-order chi connectivity index (χ0) is 20.0. The highest BCUT2D eigenvalue weighted by Crippen LogP contribution is 2.19. The molecule has 1 amide bonds. The molecule has 146 valence electrons. The Hall–Kier alpha value is -3.17. The number of aliphatic carboxylic acids is 1. The summed E-state index contributed by atoms with van der Waals surface area (Å²) in [6.45, 7) is 4.85. The fraction of sp³-hybridized carbons (Fsp3) is 0.471. The summed E-state index contributed by atoms with van der Waals surface area (Å²) in [4.78, 5) is 23.9. The van der Waals surface area contributed by atoms with Gasteiger partial charge < -0.3 is 19.9 Å². The van der Waals surface area contributed by atoms with Crippen LogP contribution in [0.2, 0.25) is 0 Å². The van der Waals surface area contributed by atoms with Crippen molar-refractivity contribution in [3.63, 3.8) is 0 Å². The number of hydrogen-bond acceptors (Lipinski definition) is 7. The second-order valence-electron chi connectivity index (χ2n) is 6.82. The minimum Gasteiger partial charge on any atom is -0.497 e. The van der Waals surface area contributed by atoms with Crippen LogP contribution in [0.15, 0.2) is 24.3 Å². The number of nitrogens with zero attached hydrogens (tertiary/aromatic N) is 4. The van der Waals surface area contributed by atoms with Crippen LogP contribution in [-0.4, -0.2) is 50.1 Å². The molecular weight excluding hydrogens is 354 g/mol. The van der Waals surface area contributed by atoms with Gasteiger partial charge in [-0.25, -0.2) is 4.79 Å². The largest absolute Gasteiger partial charge is 0.497 e. The number of alkyl carbamates (subject to hydrolysis) is 1. The van der Waals surface area contributed by atoms with E-state index in [1.165, 1.54) is 0 Å². The Labute approximate surface area is 156 Å². The molecule has 27 heavy (non-hydrogen) atoms. The summed E-state index contributed by atoms with van der Waals surface area (Å²) in [6.07, 6.45) is -0.266. The first-order valence-electron chi connectivity index (χ1n) is 8.28. The number of rotatable bonds is 7. The Morgan fingerprint density at radius 3 is 2.48 bits per heavy atom. The summed E-state index contributed by atoms with van der Waals surface area (Å²) in [5.74, 6) is -0.190. The second-order valence-corrected chi connectivity index (χ2v) is 6.82. The van der Waals surface area contributed by atoms with E-state index in [0.717, 1.165) is 10.4 Å².